The van der Waals surface area contributed by atoms with E-state index in [4.69, 9.17) is 0 Å². The van der Waals surface area contributed by atoms with Crippen molar-refractivity contribution in [1.82, 2.24) is 0 Å². The van der Waals surface area contributed by atoms with E-state index in [2.05, 4.69) is 6.92 Å². The quantitative estimate of drug-likeness (QED) is 0.786. The van der Waals surface area contributed by atoms with E-state index in [-0.39, 0.29) is 0 Å². The SMILES string of the molecule is CCCC[C](C)C(C)(O)c1ccsc1. The van der Waals surface area contributed by atoms with E-state index in [0.29, 0.717) is 0 Å². The maximum absolute atomic E-state index is 10.3. The summed E-state index contributed by atoms with van der Waals surface area (Å²) in [5, 5.41) is 14.4. The second-order valence-corrected chi connectivity index (χ2v) is 4.75. The number of aliphatic hydroxyl groups is 1. The molecule has 1 nitrogen and oxygen atoms in total. The fourth-order valence-electron chi connectivity index (χ4n) is 1.47. The van der Waals surface area contributed by atoms with Crippen LogP contribution in [0, 0.1) is 5.92 Å². The zero-order valence-electron chi connectivity index (χ0n) is 9.21. The van der Waals surface area contributed by atoms with Crippen LogP contribution in [0.2, 0.25) is 0 Å². The molecule has 1 aromatic heterocycles. The van der Waals surface area contributed by atoms with Gasteiger partial charge in [0, 0.05) is 5.92 Å². The minimum Gasteiger partial charge on any atom is -0.385 e. The van der Waals surface area contributed by atoms with Gasteiger partial charge in [-0.3, -0.25) is 0 Å². The van der Waals surface area contributed by atoms with Gasteiger partial charge in [-0.1, -0.05) is 26.7 Å². The van der Waals surface area contributed by atoms with Gasteiger partial charge in [-0.05, 0) is 35.7 Å². The first kappa shape index (κ1) is 11.7. The van der Waals surface area contributed by atoms with E-state index >= 15 is 0 Å². The molecule has 0 fully saturated rings. The second kappa shape index (κ2) is 4.94. The van der Waals surface area contributed by atoms with Gasteiger partial charge < -0.3 is 5.11 Å². The summed E-state index contributed by atoms with van der Waals surface area (Å²) in [4.78, 5) is 0. The fourth-order valence-corrected chi connectivity index (χ4v) is 2.23. The Labute approximate surface area is 90.8 Å². The van der Waals surface area contributed by atoms with Gasteiger partial charge in [-0.2, -0.15) is 11.3 Å². The summed E-state index contributed by atoms with van der Waals surface area (Å²) in [7, 11) is 0. The first-order valence-electron chi connectivity index (χ1n) is 5.17. The van der Waals surface area contributed by atoms with Gasteiger partial charge in [0.05, 0.1) is 5.60 Å². The number of unbranched alkanes of at least 4 members (excludes halogenated alkanes) is 1. The number of hydrogen-bond donors (Lipinski definition) is 1. The normalized spacial score (nSPS) is 15.8. The third-order valence-corrected chi connectivity index (χ3v) is 3.50. The maximum Gasteiger partial charge on any atom is 0.0936 e. The fraction of sp³-hybridized carbons (Fsp3) is 0.583. The summed E-state index contributed by atoms with van der Waals surface area (Å²) < 4.78 is 0. The van der Waals surface area contributed by atoms with E-state index in [1.54, 1.807) is 11.3 Å². The second-order valence-electron chi connectivity index (χ2n) is 3.97. The van der Waals surface area contributed by atoms with Crippen molar-refractivity contribution in [1.29, 1.82) is 0 Å². The Morgan fingerprint density at radius 1 is 1.57 bits per heavy atom. The first-order chi connectivity index (χ1) is 6.59. The molecule has 79 valence electrons. The summed E-state index contributed by atoms with van der Waals surface area (Å²) in [5.41, 5.74) is 0.283. The van der Waals surface area contributed by atoms with E-state index in [0.717, 1.165) is 24.3 Å². The van der Waals surface area contributed by atoms with Crippen LogP contribution < -0.4 is 0 Å². The molecule has 0 aliphatic rings. The summed E-state index contributed by atoms with van der Waals surface area (Å²) in [5.74, 6) is 1.16. The molecule has 1 N–H and O–H groups in total. The standard InChI is InChI=1S/C12H19OS/c1-4-5-6-10(2)12(3,13)11-7-8-14-9-11/h7-9,13H,4-6H2,1-3H3. The van der Waals surface area contributed by atoms with Crippen molar-refractivity contribution >= 4 is 11.3 Å². The third kappa shape index (κ3) is 2.58. The Bertz CT molecular complexity index is 251. The molecule has 0 spiro atoms. The highest BCUT2D eigenvalue weighted by atomic mass is 32.1. The van der Waals surface area contributed by atoms with Gasteiger partial charge in [0.25, 0.3) is 0 Å². The Hall–Kier alpha value is -0.340. The highest BCUT2D eigenvalue weighted by molar-refractivity contribution is 7.08. The topological polar surface area (TPSA) is 20.2 Å². The molecule has 1 aromatic rings. The van der Waals surface area contributed by atoms with E-state index in [1.807, 2.05) is 30.7 Å². The Kier molecular flexibility index (Phi) is 4.14. The average Bonchev–Trinajstić information content (AvgIpc) is 2.67. The van der Waals surface area contributed by atoms with Crippen molar-refractivity contribution < 1.29 is 5.11 Å². The molecule has 0 aromatic carbocycles. The summed E-state index contributed by atoms with van der Waals surface area (Å²) in [6.45, 7) is 6.11. The van der Waals surface area contributed by atoms with Gasteiger partial charge in [-0.15, -0.1) is 0 Å². The minimum atomic E-state index is -0.741. The molecular weight excluding hydrogens is 192 g/mol. The van der Waals surface area contributed by atoms with Gasteiger partial charge in [0.1, 0.15) is 0 Å². The van der Waals surface area contributed by atoms with E-state index in [1.165, 1.54) is 6.42 Å². The number of thiophene rings is 1. The van der Waals surface area contributed by atoms with Crippen molar-refractivity contribution in [2.24, 2.45) is 0 Å². The lowest BCUT2D eigenvalue weighted by molar-refractivity contribution is 0.0681. The lowest BCUT2D eigenvalue weighted by atomic mass is 9.82. The molecule has 0 saturated heterocycles. The number of rotatable bonds is 5. The van der Waals surface area contributed by atoms with Crippen LogP contribution in [0.4, 0.5) is 0 Å². The van der Waals surface area contributed by atoms with Crippen molar-refractivity contribution in [3.05, 3.63) is 28.3 Å². The Morgan fingerprint density at radius 2 is 2.29 bits per heavy atom. The van der Waals surface area contributed by atoms with Crippen LogP contribution in [0.3, 0.4) is 0 Å². The zero-order valence-corrected chi connectivity index (χ0v) is 10.0. The predicted octanol–water partition coefficient (Wildman–Crippen LogP) is 3.74. The largest absolute Gasteiger partial charge is 0.385 e. The molecule has 0 bridgehead atoms. The van der Waals surface area contributed by atoms with Crippen molar-refractivity contribution in [3.63, 3.8) is 0 Å². The van der Waals surface area contributed by atoms with Gasteiger partial charge >= 0.3 is 0 Å². The molecule has 1 atom stereocenters. The van der Waals surface area contributed by atoms with Gasteiger partial charge in [-0.25, -0.2) is 0 Å². The van der Waals surface area contributed by atoms with Crippen LogP contribution >= 0.6 is 11.3 Å². The molecule has 0 amide bonds. The van der Waals surface area contributed by atoms with E-state index < -0.39 is 5.60 Å². The molecule has 1 heterocycles. The Balaban J connectivity index is 2.64. The smallest absolute Gasteiger partial charge is 0.0936 e. The van der Waals surface area contributed by atoms with Crippen LogP contribution in [0.5, 0.6) is 0 Å². The minimum absolute atomic E-state index is 0.741. The van der Waals surface area contributed by atoms with E-state index in [9.17, 15) is 5.11 Å². The van der Waals surface area contributed by atoms with Crippen LogP contribution in [0.15, 0.2) is 16.8 Å². The van der Waals surface area contributed by atoms with Crippen LogP contribution in [-0.2, 0) is 5.60 Å². The lowest BCUT2D eigenvalue weighted by Crippen LogP contribution is -2.27. The molecule has 1 unspecified atom stereocenters. The molecule has 1 rings (SSSR count). The summed E-state index contributed by atoms with van der Waals surface area (Å²) in [6, 6.07) is 2.00. The number of hydrogen-bond acceptors (Lipinski definition) is 2. The molecule has 2 heteroatoms. The first-order valence-corrected chi connectivity index (χ1v) is 6.11. The van der Waals surface area contributed by atoms with Crippen molar-refractivity contribution in [2.45, 2.75) is 45.6 Å². The average molecular weight is 211 g/mol. The molecule has 1 radical (unpaired) electrons. The third-order valence-electron chi connectivity index (χ3n) is 2.82. The molecule has 0 aliphatic carbocycles. The molecule has 0 aliphatic heterocycles. The summed E-state index contributed by atoms with van der Waals surface area (Å²) in [6.07, 6.45) is 3.35. The molecular formula is C12H19OS. The lowest BCUT2D eigenvalue weighted by Gasteiger charge is -2.29. The monoisotopic (exact) mass is 211 g/mol. The summed E-state index contributed by atoms with van der Waals surface area (Å²) >= 11 is 1.63. The van der Waals surface area contributed by atoms with Crippen LogP contribution in [0.1, 0.15) is 45.6 Å². The highest BCUT2D eigenvalue weighted by Crippen LogP contribution is 2.34. The van der Waals surface area contributed by atoms with Gasteiger partial charge in [0.15, 0.2) is 0 Å². The van der Waals surface area contributed by atoms with Crippen molar-refractivity contribution in [2.75, 3.05) is 0 Å². The van der Waals surface area contributed by atoms with Crippen molar-refractivity contribution in [3.8, 4) is 0 Å². The highest BCUT2D eigenvalue weighted by Gasteiger charge is 2.30. The predicted molar refractivity (Wildman–Crippen MR) is 62.3 cm³/mol. The van der Waals surface area contributed by atoms with Crippen LogP contribution in [0.25, 0.3) is 0 Å². The molecule has 14 heavy (non-hydrogen) atoms. The van der Waals surface area contributed by atoms with Crippen LogP contribution in [-0.4, -0.2) is 5.11 Å². The van der Waals surface area contributed by atoms with Gasteiger partial charge in [0.2, 0.25) is 0 Å². The Morgan fingerprint density at radius 3 is 2.79 bits per heavy atom. The molecule has 0 saturated carbocycles. The zero-order chi connectivity index (χ0) is 10.6. The maximum atomic E-state index is 10.3.